The predicted molar refractivity (Wildman–Crippen MR) is 72.4 cm³/mol. The number of hydrogen-bond acceptors (Lipinski definition) is 5. The summed E-state index contributed by atoms with van der Waals surface area (Å²) >= 11 is 3.71. The van der Waals surface area contributed by atoms with Gasteiger partial charge in [0.25, 0.3) is 0 Å². The average Bonchev–Trinajstić information content (AvgIpc) is 2.75. The molecule has 88 valence electrons. The predicted octanol–water partition coefficient (Wildman–Crippen LogP) is 2.90. The first-order valence-corrected chi connectivity index (χ1v) is 7.67. The largest absolute Gasteiger partial charge is 0.369 e. The number of thioether (sulfide) groups is 2. The molecule has 2 rings (SSSR count). The third-order valence-electron chi connectivity index (χ3n) is 2.80. The van der Waals surface area contributed by atoms with Crippen LogP contribution in [-0.2, 0) is 0 Å². The van der Waals surface area contributed by atoms with E-state index >= 15 is 0 Å². The van der Waals surface area contributed by atoms with Crippen molar-refractivity contribution in [2.75, 3.05) is 23.9 Å². The van der Waals surface area contributed by atoms with Crippen LogP contribution in [0.4, 0.5) is 5.82 Å². The second-order valence-corrected chi connectivity index (χ2v) is 6.71. The van der Waals surface area contributed by atoms with Crippen LogP contribution in [0.1, 0.15) is 19.8 Å². The molecule has 1 unspecified atom stereocenters. The van der Waals surface area contributed by atoms with Gasteiger partial charge in [-0.25, -0.2) is 9.97 Å². The molecule has 3 nitrogen and oxygen atoms in total. The molecule has 5 heteroatoms. The number of hydrogen-bond donors (Lipinski definition) is 1. The lowest BCUT2D eigenvalue weighted by molar-refractivity contribution is 0.633. The second-order valence-electron chi connectivity index (χ2n) is 4.20. The Kier molecular flexibility index (Phi) is 3.97. The number of aromatic nitrogens is 2. The number of rotatable bonds is 4. The smallest absolute Gasteiger partial charge is 0.130 e. The van der Waals surface area contributed by atoms with Crippen LogP contribution in [0, 0.1) is 0 Å². The minimum absolute atomic E-state index is 0.379. The molecule has 1 atom stereocenters. The Labute approximate surface area is 105 Å². The molecule has 0 aliphatic carbocycles. The minimum Gasteiger partial charge on any atom is -0.369 e. The lowest BCUT2D eigenvalue weighted by Crippen LogP contribution is -2.27. The molecule has 0 spiro atoms. The molecule has 1 aliphatic heterocycles. The van der Waals surface area contributed by atoms with Gasteiger partial charge in [0.05, 0.1) is 0 Å². The van der Waals surface area contributed by atoms with Crippen LogP contribution >= 0.6 is 23.5 Å². The van der Waals surface area contributed by atoms with Crippen molar-refractivity contribution in [2.24, 2.45) is 0 Å². The lowest BCUT2D eigenvalue weighted by Gasteiger charge is -2.23. The SMILES string of the molecule is CSc1cc(NCC2(C)CCCS2)ncn1. The molecular weight excluding hydrogens is 238 g/mol. The van der Waals surface area contributed by atoms with E-state index in [9.17, 15) is 0 Å². The topological polar surface area (TPSA) is 37.8 Å². The zero-order chi connectivity index (χ0) is 11.4. The van der Waals surface area contributed by atoms with Gasteiger partial charge in [-0.05, 0) is 31.8 Å². The van der Waals surface area contributed by atoms with Crippen LogP contribution in [-0.4, -0.2) is 33.3 Å². The Morgan fingerprint density at radius 1 is 1.56 bits per heavy atom. The quantitative estimate of drug-likeness (QED) is 0.661. The summed E-state index contributed by atoms with van der Waals surface area (Å²) in [4.78, 5) is 8.40. The number of nitrogens with zero attached hydrogens (tertiary/aromatic N) is 2. The minimum atomic E-state index is 0.379. The van der Waals surface area contributed by atoms with E-state index in [1.807, 2.05) is 12.3 Å². The Hall–Kier alpha value is -0.420. The van der Waals surface area contributed by atoms with Crippen molar-refractivity contribution in [1.29, 1.82) is 0 Å². The van der Waals surface area contributed by atoms with E-state index in [0.717, 1.165) is 17.4 Å². The Morgan fingerprint density at radius 2 is 2.44 bits per heavy atom. The van der Waals surface area contributed by atoms with Crippen molar-refractivity contribution in [3.8, 4) is 0 Å². The van der Waals surface area contributed by atoms with Gasteiger partial charge < -0.3 is 5.32 Å². The molecule has 1 aromatic rings. The summed E-state index contributed by atoms with van der Waals surface area (Å²) in [6.07, 6.45) is 6.28. The first kappa shape index (κ1) is 12.0. The van der Waals surface area contributed by atoms with Crippen LogP contribution in [0.3, 0.4) is 0 Å². The highest BCUT2D eigenvalue weighted by atomic mass is 32.2. The maximum absolute atomic E-state index is 4.23. The van der Waals surface area contributed by atoms with E-state index in [1.54, 1.807) is 18.1 Å². The molecule has 16 heavy (non-hydrogen) atoms. The third-order valence-corrected chi connectivity index (χ3v) is 4.97. The van der Waals surface area contributed by atoms with Gasteiger partial charge in [-0.1, -0.05) is 0 Å². The Balaban J connectivity index is 1.93. The summed E-state index contributed by atoms with van der Waals surface area (Å²) in [5.74, 6) is 2.23. The van der Waals surface area contributed by atoms with Gasteiger partial charge in [-0.3, -0.25) is 0 Å². The molecule has 0 radical (unpaired) electrons. The Bertz CT molecular complexity index is 351. The van der Waals surface area contributed by atoms with Gasteiger partial charge in [0.2, 0.25) is 0 Å². The summed E-state index contributed by atoms with van der Waals surface area (Å²) < 4.78 is 0.379. The van der Waals surface area contributed by atoms with Crippen LogP contribution < -0.4 is 5.32 Å². The van der Waals surface area contributed by atoms with Crippen molar-refractivity contribution in [1.82, 2.24) is 9.97 Å². The van der Waals surface area contributed by atoms with E-state index in [-0.39, 0.29) is 0 Å². The molecule has 1 fully saturated rings. The summed E-state index contributed by atoms with van der Waals surface area (Å²) in [5, 5.41) is 4.43. The molecule has 0 bridgehead atoms. The standard InChI is InChI=1S/C11H17N3S2/c1-11(4-3-5-16-11)7-12-9-6-10(15-2)14-8-13-9/h6,8H,3-5,7H2,1-2H3,(H,12,13,14). The fourth-order valence-corrected chi connectivity index (χ4v) is 3.43. The average molecular weight is 255 g/mol. The third kappa shape index (κ3) is 3.04. The van der Waals surface area contributed by atoms with Gasteiger partial charge in [0, 0.05) is 17.4 Å². The molecule has 0 amide bonds. The summed E-state index contributed by atoms with van der Waals surface area (Å²) in [7, 11) is 0. The van der Waals surface area contributed by atoms with E-state index in [4.69, 9.17) is 0 Å². The summed E-state index contributed by atoms with van der Waals surface area (Å²) in [5.41, 5.74) is 0. The summed E-state index contributed by atoms with van der Waals surface area (Å²) in [6.45, 7) is 3.32. The summed E-state index contributed by atoms with van der Waals surface area (Å²) in [6, 6.07) is 2.01. The van der Waals surface area contributed by atoms with E-state index in [2.05, 4.69) is 34.0 Å². The molecule has 0 aromatic carbocycles. The normalized spacial score (nSPS) is 24.6. The molecule has 0 saturated carbocycles. The first-order chi connectivity index (χ1) is 7.72. The van der Waals surface area contributed by atoms with Crippen LogP contribution in [0.5, 0.6) is 0 Å². The van der Waals surface area contributed by atoms with Crippen molar-refractivity contribution in [3.05, 3.63) is 12.4 Å². The molecule has 1 saturated heterocycles. The highest BCUT2D eigenvalue weighted by molar-refractivity contribution is 8.00. The van der Waals surface area contributed by atoms with Crippen molar-refractivity contribution in [3.63, 3.8) is 0 Å². The fourth-order valence-electron chi connectivity index (χ4n) is 1.80. The maximum Gasteiger partial charge on any atom is 0.130 e. The van der Waals surface area contributed by atoms with Crippen LogP contribution in [0.25, 0.3) is 0 Å². The van der Waals surface area contributed by atoms with Gasteiger partial charge in [0.1, 0.15) is 17.2 Å². The van der Waals surface area contributed by atoms with Crippen molar-refractivity contribution < 1.29 is 0 Å². The molecule has 1 aromatic heterocycles. The molecular formula is C11H17N3S2. The zero-order valence-electron chi connectivity index (χ0n) is 9.69. The van der Waals surface area contributed by atoms with E-state index in [1.165, 1.54) is 18.6 Å². The maximum atomic E-state index is 4.23. The first-order valence-electron chi connectivity index (χ1n) is 5.46. The number of anilines is 1. The van der Waals surface area contributed by atoms with Gasteiger partial charge in [-0.15, -0.1) is 11.8 Å². The Morgan fingerprint density at radius 3 is 3.12 bits per heavy atom. The van der Waals surface area contributed by atoms with E-state index in [0.29, 0.717) is 4.75 Å². The molecule has 1 aliphatic rings. The second kappa shape index (κ2) is 5.27. The van der Waals surface area contributed by atoms with Crippen LogP contribution in [0.2, 0.25) is 0 Å². The van der Waals surface area contributed by atoms with Gasteiger partial charge >= 0.3 is 0 Å². The highest BCUT2D eigenvalue weighted by Crippen LogP contribution is 2.37. The lowest BCUT2D eigenvalue weighted by atomic mass is 10.1. The van der Waals surface area contributed by atoms with E-state index < -0.39 is 0 Å². The van der Waals surface area contributed by atoms with Crippen LogP contribution in [0.15, 0.2) is 17.4 Å². The van der Waals surface area contributed by atoms with Crippen molar-refractivity contribution in [2.45, 2.75) is 29.5 Å². The van der Waals surface area contributed by atoms with Gasteiger partial charge in [-0.2, -0.15) is 11.8 Å². The zero-order valence-corrected chi connectivity index (χ0v) is 11.3. The molecule has 1 N–H and O–H groups in total. The van der Waals surface area contributed by atoms with Gasteiger partial charge in [0.15, 0.2) is 0 Å². The fraction of sp³-hybridized carbons (Fsp3) is 0.636. The number of nitrogens with one attached hydrogen (secondary N) is 1. The highest BCUT2D eigenvalue weighted by Gasteiger charge is 2.29. The molecule has 2 heterocycles. The van der Waals surface area contributed by atoms with Crippen molar-refractivity contribution >= 4 is 29.3 Å². The monoisotopic (exact) mass is 255 g/mol.